The van der Waals surface area contributed by atoms with Gasteiger partial charge >= 0.3 is 5.97 Å². The number of rotatable bonds is 4. The van der Waals surface area contributed by atoms with E-state index in [9.17, 15) is 14.0 Å². The number of aliphatic carboxylic acids is 1. The summed E-state index contributed by atoms with van der Waals surface area (Å²) in [5.74, 6) is -0.869. The van der Waals surface area contributed by atoms with Crippen molar-refractivity contribution in [3.63, 3.8) is 0 Å². The molecule has 2 fully saturated rings. The van der Waals surface area contributed by atoms with Crippen LogP contribution in [0.25, 0.3) is 17.4 Å². The number of amides is 1. The first-order valence-corrected chi connectivity index (χ1v) is 10.5. The smallest absolute Gasteiger partial charge is 0.306 e. The van der Waals surface area contributed by atoms with Crippen molar-refractivity contribution >= 4 is 46.3 Å². The van der Waals surface area contributed by atoms with E-state index in [-0.39, 0.29) is 23.7 Å². The van der Waals surface area contributed by atoms with Gasteiger partial charge in [0.25, 0.3) is 5.91 Å². The highest BCUT2D eigenvalue weighted by Gasteiger charge is 2.39. The number of hydrogen-bond donors (Lipinski definition) is 1. The SMILES string of the molecule is O=C(O)C1CCC(N2C(=O)C(=Cc3ccc(-c4ccccc4F)o3)SC2=S)CC1. The number of carboxylic acids is 1. The Morgan fingerprint density at radius 3 is 2.62 bits per heavy atom. The van der Waals surface area contributed by atoms with Gasteiger partial charge in [-0.2, -0.15) is 0 Å². The number of hydrogen-bond acceptors (Lipinski definition) is 5. The monoisotopic (exact) mass is 431 g/mol. The van der Waals surface area contributed by atoms with Gasteiger partial charge in [-0.3, -0.25) is 14.5 Å². The Labute approximate surface area is 176 Å². The van der Waals surface area contributed by atoms with Gasteiger partial charge in [-0.25, -0.2) is 4.39 Å². The predicted octanol–water partition coefficient (Wildman–Crippen LogP) is 4.93. The zero-order valence-corrected chi connectivity index (χ0v) is 17.0. The van der Waals surface area contributed by atoms with Crippen LogP contribution in [-0.4, -0.2) is 32.2 Å². The van der Waals surface area contributed by atoms with Gasteiger partial charge in [0.05, 0.1) is 16.4 Å². The van der Waals surface area contributed by atoms with E-state index in [4.69, 9.17) is 21.7 Å². The predicted molar refractivity (Wildman–Crippen MR) is 112 cm³/mol. The number of thiocarbonyl (C=S) groups is 1. The fourth-order valence-electron chi connectivity index (χ4n) is 3.74. The van der Waals surface area contributed by atoms with Crippen molar-refractivity contribution in [3.8, 4) is 11.3 Å². The normalized spacial score (nSPS) is 23.8. The molecule has 0 unspecified atom stereocenters. The molecule has 0 bridgehead atoms. The minimum Gasteiger partial charge on any atom is -0.481 e. The zero-order valence-electron chi connectivity index (χ0n) is 15.3. The van der Waals surface area contributed by atoms with Crippen LogP contribution < -0.4 is 0 Å². The molecule has 1 amide bonds. The van der Waals surface area contributed by atoms with Crippen LogP contribution in [0.4, 0.5) is 4.39 Å². The van der Waals surface area contributed by atoms with Gasteiger partial charge in [0.2, 0.25) is 0 Å². The van der Waals surface area contributed by atoms with Crippen LogP contribution in [0.2, 0.25) is 0 Å². The van der Waals surface area contributed by atoms with Crippen LogP contribution in [0.1, 0.15) is 31.4 Å². The lowest BCUT2D eigenvalue weighted by atomic mass is 9.85. The zero-order chi connectivity index (χ0) is 20.5. The summed E-state index contributed by atoms with van der Waals surface area (Å²) in [6, 6.07) is 9.61. The fourth-order valence-corrected chi connectivity index (χ4v) is 5.12. The molecule has 1 aliphatic heterocycles. The molecular weight excluding hydrogens is 413 g/mol. The third kappa shape index (κ3) is 4.00. The Balaban J connectivity index is 1.50. The summed E-state index contributed by atoms with van der Waals surface area (Å²) < 4.78 is 20.1. The first-order valence-electron chi connectivity index (χ1n) is 9.28. The third-order valence-corrected chi connectivity index (χ3v) is 6.60. The van der Waals surface area contributed by atoms with E-state index in [0.717, 1.165) is 0 Å². The molecule has 4 rings (SSSR count). The largest absolute Gasteiger partial charge is 0.481 e. The van der Waals surface area contributed by atoms with Gasteiger partial charge in [-0.15, -0.1) is 0 Å². The maximum absolute atomic E-state index is 13.9. The van der Waals surface area contributed by atoms with E-state index < -0.39 is 5.97 Å². The quantitative estimate of drug-likeness (QED) is 0.547. The van der Waals surface area contributed by atoms with Crippen molar-refractivity contribution in [3.05, 3.63) is 52.9 Å². The first kappa shape index (κ1) is 19.8. The van der Waals surface area contributed by atoms with Crippen LogP contribution >= 0.6 is 24.0 Å². The molecule has 0 atom stereocenters. The van der Waals surface area contributed by atoms with Crippen molar-refractivity contribution in [1.82, 2.24) is 4.90 Å². The van der Waals surface area contributed by atoms with Crippen LogP contribution in [0, 0.1) is 11.7 Å². The molecule has 2 aliphatic rings. The van der Waals surface area contributed by atoms with Crippen LogP contribution in [-0.2, 0) is 9.59 Å². The molecule has 2 aromatic rings. The Morgan fingerprint density at radius 2 is 1.93 bits per heavy atom. The number of carbonyl (C=O) groups is 2. The molecule has 0 spiro atoms. The standard InChI is InChI=1S/C21H18FNO4S2/c22-16-4-2-1-3-15(16)17-10-9-14(27-17)11-18-19(24)23(21(28)29-18)13-7-5-12(6-8-13)20(25)26/h1-4,9-13H,5-8H2,(H,25,26). The van der Waals surface area contributed by atoms with Crippen molar-refractivity contribution in [2.75, 3.05) is 0 Å². The average molecular weight is 432 g/mol. The van der Waals surface area contributed by atoms with E-state index in [2.05, 4.69) is 0 Å². The number of nitrogens with zero attached hydrogens (tertiary/aromatic N) is 1. The number of halogens is 1. The van der Waals surface area contributed by atoms with Gasteiger partial charge in [0.1, 0.15) is 21.7 Å². The summed E-state index contributed by atoms with van der Waals surface area (Å²) in [7, 11) is 0. The Morgan fingerprint density at radius 1 is 1.21 bits per heavy atom. The molecule has 1 saturated carbocycles. The molecule has 1 aromatic carbocycles. The maximum atomic E-state index is 13.9. The lowest BCUT2D eigenvalue weighted by Gasteiger charge is -2.32. The number of carboxylic acid groups (broad SMARTS) is 1. The summed E-state index contributed by atoms with van der Waals surface area (Å²) in [5, 5.41) is 9.15. The summed E-state index contributed by atoms with van der Waals surface area (Å²) >= 11 is 6.61. The number of furan rings is 1. The second-order valence-electron chi connectivity index (χ2n) is 7.08. The topological polar surface area (TPSA) is 70.8 Å². The van der Waals surface area contributed by atoms with Crippen molar-refractivity contribution in [2.24, 2.45) is 5.92 Å². The molecular formula is C21H18FNO4S2. The minimum atomic E-state index is -0.780. The van der Waals surface area contributed by atoms with Gasteiger partial charge in [0, 0.05) is 12.1 Å². The van der Waals surface area contributed by atoms with Crippen LogP contribution in [0.5, 0.6) is 0 Å². The first-order chi connectivity index (χ1) is 13.9. The lowest BCUT2D eigenvalue weighted by Crippen LogP contribution is -2.41. The van der Waals surface area contributed by atoms with E-state index in [1.165, 1.54) is 17.8 Å². The molecule has 29 heavy (non-hydrogen) atoms. The Hall–Kier alpha value is -2.45. The summed E-state index contributed by atoms with van der Waals surface area (Å²) in [5.41, 5.74) is 0.356. The molecule has 1 saturated heterocycles. The molecule has 5 nitrogen and oxygen atoms in total. The highest BCUT2D eigenvalue weighted by molar-refractivity contribution is 8.26. The van der Waals surface area contributed by atoms with Crippen molar-refractivity contribution in [1.29, 1.82) is 0 Å². The molecule has 2 heterocycles. The molecule has 8 heteroatoms. The fraction of sp³-hybridized carbons (Fsp3) is 0.286. The lowest BCUT2D eigenvalue weighted by molar-refractivity contribution is -0.143. The van der Waals surface area contributed by atoms with Gasteiger partial charge in [-0.05, 0) is 49.9 Å². The molecule has 1 N–H and O–H groups in total. The minimum absolute atomic E-state index is 0.0745. The average Bonchev–Trinajstić information content (AvgIpc) is 3.27. The summed E-state index contributed by atoms with van der Waals surface area (Å²) in [6.07, 6.45) is 3.94. The van der Waals surface area contributed by atoms with E-state index in [1.54, 1.807) is 41.3 Å². The maximum Gasteiger partial charge on any atom is 0.306 e. The highest BCUT2D eigenvalue weighted by atomic mass is 32.2. The Kier molecular flexibility index (Phi) is 5.56. The number of benzene rings is 1. The molecule has 150 valence electrons. The van der Waals surface area contributed by atoms with Gasteiger partial charge in [-0.1, -0.05) is 36.1 Å². The number of thioether (sulfide) groups is 1. The van der Waals surface area contributed by atoms with Crippen molar-refractivity contribution < 1.29 is 23.5 Å². The molecule has 1 aromatic heterocycles. The van der Waals surface area contributed by atoms with Gasteiger partial charge < -0.3 is 9.52 Å². The molecule has 0 radical (unpaired) electrons. The summed E-state index contributed by atoms with van der Waals surface area (Å²) in [4.78, 5) is 26.1. The van der Waals surface area contributed by atoms with Crippen LogP contribution in [0.15, 0.2) is 45.7 Å². The highest BCUT2D eigenvalue weighted by Crippen LogP contribution is 2.38. The third-order valence-electron chi connectivity index (χ3n) is 5.27. The van der Waals surface area contributed by atoms with Crippen molar-refractivity contribution in [2.45, 2.75) is 31.7 Å². The van der Waals surface area contributed by atoms with E-state index in [0.29, 0.717) is 52.0 Å². The summed E-state index contributed by atoms with van der Waals surface area (Å²) in [6.45, 7) is 0. The molecule has 1 aliphatic carbocycles. The van der Waals surface area contributed by atoms with E-state index in [1.807, 2.05) is 0 Å². The van der Waals surface area contributed by atoms with Gasteiger partial charge in [0.15, 0.2) is 0 Å². The van der Waals surface area contributed by atoms with E-state index >= 15 is 0 Å². The van der Waals surface area contributed by atoms with Crippen LogP contribution in [0.3, 0.4) is 0 Å². The number of carbonyl (C=O) groups excluding carboxylic acids is 1. The second-order valence-corrected chi connectivity index (χ2v) is 8.75. The second kappa shape index (κ2) is 8.12. The Bertz CT molecular complexity index is 1010.